The smallest absolute Gasteiger partial charge is 0.141 e. The van der Waals surface area contributed by atoms with E-state index in [0.29, 0.717) is 6.04 Å². The number of aromatic nitrogens is 1. The molecule has 3 nitrogen and oxygen atoms in total. The number of nitrogens with one attached hydrogen (secondary N) is 1. The van der Waals surface area contributed by atoms with E-state index < -0.39 is 0 Å². The zero-order valence-electron chi connectivity index (χ0n) is 9.68. The van der Waals surface area contributed by atoms with Gasteiger partial charge in [0.2, 0.25) is 0 Å². The molecule has 1 fully saturated rings. The normalized spacial score (nSPS) is 21.9. The van der Waals surface area contributed by atoms with Crippen LogP contribution in [0, 0.1) is 6.92 Å². The molecule has 0 radical (unpaired) electrons. The van der Waals surface area contributed by atoms with Crippen LogP contribution in [0.1, 0.15) is 43.2 Å². The quantitative estimate of drug-likeness (QED) is 0.827. The Bertz CT molecular complexity index is 313. The fraction of sp³-hybridized carbons (Fsp3) is 0.750. The number of nitrogens with zero attached hydrogens (tertiary/aromatic N) is 1. The minimum atomic E-state index is 0.593. The summed E-state index contributed by atoms with van der Waals surface area (Å²) in [4.78, 5) is 0. The van der Waals surface area contributed by atoms with Gasteiger partial charge in [-0.1, -0.05) is 18.5 Å². The summed E-state index contributed by atoms with van der Waals surface area (Å²) in [5.41, 5.74) is 2.37. The number of piperidine rings is 1. The summed E-state index contributed by atoms with van der Waals surface area (Å²) >= 11 is 0. The first-order valence-corrected chi connectivity index (χ1v) is 5.98. The van der Waals surface area contributed by atoms with Crippen molar-refractivity contribution in [3.8, 4) is 0 Å². The predicted octanol–water partition coefficient (Wildman–Crippen LogP) is 2.23. The third-order valence-corrected chi connectivity index (χ3v) is 3.30. The van der Waals surface area contributed by atoms with Crippen molar-refractivity contribution in [1.29, 1.82) is 0 Å². The van der Waals surface area contributed by atoms with Crippen molar-refractivity contribution in [2.75, 3.05) is 6.54 Å². The average molecular weight is 208 g/mol. The maximum Gasteiger partial charge on any atom is 0.141 e. The van der Waals surface area contributed by atoms with Gasteiger partial charge < -0.3 is 9.84 Å². The lowest BCUT2D eigenvalue weighted by molar-refractivity contribution is 0.334. The Kier molecular flexibility index (Phi) is 3.41. The molecule has 1 aromatic heterocycles. The van der Waals surface area contributed by atoms with Gasteiger partial charge in [0.05, 0.1) is 5.69 Å². The molecule has 0 amide bonds. The first-order chi connectivity index (χ1) is 7.31. The largest absolute Gasteiger partial charge is 0.361 e. The van der Waals surface area contributed by atoms with E-state index in [1.807, 2.05) is 0 Å². The molecule has 1 atom stereocenters. The van der Waals surface area contributed by atoms with Crippen molar-refractivity contribution < 1.29 is 4.52 Å². The van der Waals surface area contributed by atoms with Gasteiger partial charge in [0.25, 0.3) is 0 Å². The van der Waals surface area contributed by atoms with Gasteiger partial charge in [0.1, 0.15) is 5.76 Å². The van der Waals surface area contributed by atoms with Crippen molar-refractivity contribution in [3.63, 3.8) is 0 Å². The first kappa shape index (κ1) is 10.7. The first-order valence-electron chi connectivity index (χ1n) is 5.98. The summed E-state index contributed by atoms with van der Waals surface area (Å²) in [5, 5.41) is 7.63. The zero-order chi connectivity index (χ0) is 10.7. The van der Waals surface area contributed by atoms with Crippen molar-refractivity contribution in [2.45, 2.75) is 52.0 Å². The van der Waals surface area contributed by atoms with E-state index in [-0.39, 0.29) is 0 Å². The van der Waals surface area contributed by atoms with Gasteiger partial charge in [0.15, 0.2) is 0 Å². The molecule has 0 saturated carbocycles. The van der Waals surface area contributed by atoms with Gasteiger partial charge in [0, 0.05) is 18.0 Å². The van der Waals surface area contributed by atoms with E-state index in [2.05, 4.69) is 24.3 Å². The van der Waals surface area contributed by atoms with Crippen LogP contribution in [-0.4, -0.2) is 17.7 Å². The Hall–Kier alpha value is -0.830. The van der Waals surface area contributed by atoms with E-state index in [4.69, 9.17) is 4.52 Å². The van der Waals surface area contributed by atoms with Crippen molar-refractivity contribution in [3.05, 3.63) is 17.0 Å². The summed E-state index contributed by atoms with van der Waals surface area (Å²) in [6.07, 6.45) is 5.88. The van der Waals surface area contributed by atoms with Crippen LogP contribution in [-0.2, 0) is 12.8 Å². The third kappa shape index (κ3) is 2.40. The van der Waals surface area contributed by atoms with Crippen LogP contribution >= 0.6 is 0 Å². The van der Waals surface area contributed by atoms with Crippen LogP contribution < -0.4 is 5.32 Å². The van der Waals surface area contributed by atoms with E-state index in [0.717, 1.165) is 30.8 Å². The van der Waals surface area contributed by atoms with Crippen molar-refractivity contribution in [2.24, 2.45) is 0 Å². The highest BCUT2D eigenvalue weighted by atomic mass is 16.5. The van der Waals surface area contributed by atoms with Crippen LogP contribution in [0.25, 0.3) is 0 Å². The summed E-state index contributed by atoms with van der Waals surface area (Å²) in [5.74, 6) is 1.08. The van der Waals surface area contributed by atoms with Crippen LogP contribution in [0.15, 0.2) is 4.52 Å². The Morgan fingerprint density at radius 1 is 1.47 bits per heavy atom. The van der Waals surface area contributed by atoms with Crippen molar-refractivity contribution >= 4 is 0 Å². The Morgan fingerprint density at radius 3 is 2.93 bits per heavy atom. The monoisotopic (exact) mass is 208 g/mol. The van der Waals surface area contributed by atoms with E-state index in [1.54, 1.807) is 0 Å². The summed E-state index contributed by atoms with van der Waals surface area (Å²) in [7, 11) is 0. The molecule has 0 aromatic carbocycles. The van der Waals surface area contributed by atoms with Gasteiger partial charge in [-0.2, -0.15) is 0 Å². The minimum absolute atomic E-state index is 0.593. The van der Waals surface area contributed by atoms with Crippen molar-refractivity contribution in [1.82, 2.24) is 10.5 Å². The molecule has 1 N–H and O–H groups in total. The second-order valence-electron chi connectivity index (χ2n) is 4.38. The molecule has 1 aliphatic rings. The SMILES string of the molecule is CCc1noc(CC2CCCCN2)c1C. The molecule has 0 bridgehead atoms. The molecule has 84 valence electrons. The molecule has 3 heteroatoms. The molecule has 1 aliphatic heterocycles. The number of rotatable bonds is 3. The topological polar surface area (TPSA) is 38.1 Å². The summed E-state index contributed by atoms with van der Waals surface area (Å²) in [6.45, 7) is 5.39. The molecule has 2 heterocycles. The molecule has 1 unspecified atom stereocenters. The minimum Gasteiger partial charge on any atom is -0.361 e. The standard InChI is InChI=1S/C12H20N2O/c1-3-11-9(2)12(15-14-11)8-10-6-4-5-7-13-10/h10,13H,3-8H2,1-2H3. The van der Waals surface area contributed by atoms with Crippen LogP contribution in [0.3, 0.4) is 0 Å². The van der Waals surface area contributed by atoms with Gasteiger partial charge in [-0.15, -0.1) is 0 Å². The van der Waals surface area contributed by atoms with Crippen LogP contribution in [0.4, 0.5) is 0 Å². The number of aryl methyl sites for hydroxylation is 1. The van der Waals surface area contributed by atoms with Gasteiger partial charge >= 0.3 is 0 Å². The Balaban J connectivity index is 2.00. The molecule has 1 aromatic rings. The second kappa shape index (κ2) is 4.79. The Labute approximate surface area is 91.2 Å². The highest BCUT2D eigenvalue weighted by Gasteiger charge is 2.18. The fourth-order valence-corrected chi connectivity index (χ4v) is 2.25. The Morgan fingerprint density at radius 2 is 2.33 bits per heavy atom. The summed E-state index contributed by atoms with van der Waals surface area (Å²) in [6, 6.07) is 0.593. The fourth-order valence-electron chi connectivity index (χ4n) is 2.25. The summed E-state index contributed by atoms with van der Waals surface area (Å²) < 4.78 is 5.40. The van der Waals surface area contributed by atoms with Gasteiger partial charge in [-0.3, -0.25) is 0 Å². The molecule has 2 rings (SSSR count). The third-order valence-electron chi connectivity index (χ3n) is 3.30. The number of hydrogen-bond donors (Lipinski definition) is 1. The highest BCUT2D eigenvalue weighted by molar-refractivity contribution is 5.21. The lowest BCUT2D eigenvalue weighted by atomic mass is 9.99. The van der Waals surface area contributed by atoms with E-state index in [1.165, 1.54) is 24.8 Å². The van der Waals surface area contributed by atoms with Crippen LogP contribution in [0.2, 0.25) is 0 Å². The maximum absolute atomic E-state index is 5.40. The number of hydrogen-bond acceptors (Lipinski definition) is 3. The average Bonchev–Trinajstić information content (AvgIpc) is 2.62. The molecular formula is C12H20N2O. The molecule has 15 heavy (non-hydrogen) atoms. The molecule has 0 aliphatic carbocycles. The lowest BCUT2D eigenvalue weighted by Crippen LogP contribution is -2.35. The lowest BCUT2D eigenvalue weighted by Gasteiger charge is -2.22. The van der Waals surface area contributed by atoms with Gasteiger partial charge in [-0.05, 0) is 32.7 Å². The zero-order valence-corrected chi connectivity index (χ0v) is 9.68. The predicted molar refractivity (Wildman–Crippen MR) is 60.0 cm³/mol. The van der Waals surface area contributed by atoms with Gasteiger partial charge in [-0.25, -0.2) is 0 Å². The molecular weight excluding hydrogens is 188 g/mol. The second-order valence-corrected chi connectivity index (χ2v) is 4.38. The highest BCUT2D eigenvalue weighted by Crippen LogP contribution is 2.18. The molecule has 0 spiro atoms. The van der Waals surface area contributed by atoms with E-state index >= 15 is 0 Å². The molecule has 1 saturated heterocycles. The van der Waals surface area contributed by atoms with Crippen LogP contribution in [0.5, 0.6) is 0 Å². The maximum atomic E-state index is 5.40. The van der Waals surface area contributed by atoms with E-state index in [9.17, 15) is 0 Å².